The predicted molar refractivity (Wildman–Crippen MR) is 128 cm³/mol. The Morgan fingerprint density at radius 2 is 1.97 bits per heavy atom. The molecule has 1 saturated heterocycles. The number of esters is 2. The van der Waals surface area contributed by atoms with Crippen molar-refractivity contribution in [1.29, 1.82) is 0 Å². The van der Waals surface area contributed by atoms with Gasteiger partial charge in [0.1, 0.15) is 0 Å². The van der Waals surface area contributed by atoms with Crippen LogP contribution in [0.5, 0.6) is 11.5 Å². The molecule has 0 unspecified atom stereocenters. The molecular formula is C22H18BrN3O6S. The number of ether oxygens (including phenoxy) is 3. The number of hydrogen-bond donors (Lipinski definition) is 1. The Hall–Kier alpha value is -3.44. The first-order valence-electron chi connectivity index (χ1n) is 9.54. The summed E-state index contributed by atoms with van der Waals surface area (Å²) >= 11 is 4.37. The summed E-state index contributed by atoms with van der Waals surface area (Å²) in [6.07, 6.45) is 2.52. The Bertz CT molecular complexity index is 1160. The second-order valence-corrected chi connectivity index (χ2v) is 8.14. The molecular weight excluding hydrogens is 514 g/mol. The van der Waals surface area contributed by atoms with Crippen LogP contribution >= 0.6 is 27.7 Å². The van der Waals surface area contributed by atoms with Crippen molar-refractivity contribution in [3.63, 3.8) is 0 Å². The van der Waals surface area contributed by atoms with Crippen LogP contribution in [-0.4, -0.2) is 42.9 Å². The van der Waals surface area contributed by atoms with Crippen molar-refractivity contribution in [2.75, 3.05) is 13.7 Å². The van der Waals surface area contributed by atoms with Crippen molar-refractivity contribution >= 4 is 56.9 Å². The summed E-state index contributed by atoms with van der Waals surface area (Å²) in [6.45, 7) is 2.16. The highest BCUT2D eigenvalue weighted by Crippen LogP contribution is 2.37. The van der Waals surface area contributed by atoms with Crippen LogP contribution in [-0.2, 0) is 14.3 Å². The van der Waals surface area contributed by atoms with Gasteiger partial charge < -0.3 is 14.2 Å². The molecule has 1 heterocycles. The lowest BCUT2D eigenvalue weighted by atomic mass is 10.2. The van der Waals surface area contributed by atoms with E-state index in [0.29, 0.717) is 28.0 Å². The fourth-order valence-corrected chi connectivity index (χ4v) is 3.82. The fraction of sp³-hybridized carbons (Fsp3) is 0.136. The molecule has 2 aromatic carbocycles. The van der Waals surface area contributed by atoms with Gasteiger partial charge in [-0.15, -0.1) is 5.10 Å². The number of amidine groups is 1. The molecule has 0 saturated carbocycles. The van der Waals surface area contributed by atoms with E-state index in [2.05, 4.69) is 36.2 Å². The van der Waals surface area contributed by atoms with Crippen LogP contribution in [0.15, 0.2) is 68.1 Å². The molecule has 3 rings (SSSR count). The maximum Gasteiger partial charge on any atom is 0.343 e. The first kappa shape index (κ1) is 24.2. The third-order valence-corrected chi connectivity index (χ3v) is 5.48. The van der Waals surface area contributed by atoms with Crippen LogP contribution in [0.25, 0.3) is 0 Å². The molecule has 1 N–H and O–H groups in total. The molecule has 0 bridgehead atoms. The van der Waals surface area contributed by atoms with Crippen molar-refractivity contribution in [2.24, 2.45) is 10.2 Å². The van der Waals surface area contributed by atoms with E-state index in [1.54, 1.807) is 36.4 Å². The van der Waals surface area contributed by atoms with Crippen LogP contribution in [0.2, 0.25) is 0 Å². The van der Waals surface area contributed by atoms with Gasteiger partial charge in [0.05, 0.1) is 34.9 Å². The van der Waals surface area contributed by atoms with Gasteiger partial charge in [-0.05, 0) is 64.4 Å². The van der Waals surface area contributed by atoms with E-state index in [9.17, 15) is 14.4 Å². The van der Waals surface area contributed by atoms with E-state index in [1.807, 2.05) is 13.0 Å². The number of carbonyl (C=O) groups excluding carboxylic acids is 3. The molecule has 0 spiro atoms. The summed E-state index contributed by atoms with van der Waals surface area (Å²) in [6, 6.07) is 11.9. The zero-order valence-electron chi connectivity index (χ0n) is 17.5. The second-order valence-electron chi connectivity index (χ2n) is 6.26. The zero-order chi connectivity index (χ0) is 23.8. The molecule has 0 atom stereocenters. The van der Waals surface area contributed by atoms with Crippen LogP contribution in [0, 0.1) is 0 Å². The number of thioether (sulfide) groups is 1. The van der Waals surface area contributed by atoms with Crippen molar-refractivity contribution in [2.45, 2.75) is 6.92 Å². The number of hydrogen-bond acceptors (Lipinski definition) is 9. The first-order chi connectivity index (χ1) is 15.9. The average molecular weight is 532 g/mol. The first-order valence-corrected chi connectivity index (χ1v) is 11.2. The maximum atomic E-state index is 12.5. The summed E-state index contributed by atoms with van der Waals surface area (Å²) in [7, 11) is 1.22. The molecule has 33 heavy (non-hydrogen) atoms. The Labute approximate surface area is 202 Å². The van der Waals surface area contributed by atoms with Crippen molar-refractivity contribution in [1.82, 2.24) is 5.32 Å². The summed E-state index contributed by atoms with van der Waals surface area (Å²) in [4.78, 5) is 35.8. The lowest BCUT2D eigenvalue weighted by Crippen LogP contribution is -2.19. The van der Waals surface area contributed by atoms with E-state index < -0.39 is 17.8 Å². The normalized spacial score (nSPS) is 15.7. The fourth-order valence-electron chi connectivity index (χ4n) is 2.54. The lowest BCUT2D eigenvalue weighted by Gasteiger charge is -2.13. The molecule has 1 aliphatic heterocycles. The van der Waals surface area contributed by atoms with Crippen LogP contribution < -0.4 is 14.8 Å². The topological polar surface area (TPSA) is 116 Å². The van der Waals surface area contributed by atoms with E-state index in [1.165, 1.54) is 13.3 Å². The highest BCUT2D eigenvalue weighted by atomic mass is 79.9. The van der Waals surface area contributed by atoms with Gasteiger partial charge in [0.25, 0.3) is 5.91 Å². The monoisotopic (exact) mass is 531 g/mol. The molecule has 0 aromatic heterocycles. The van der Waals surface area contributed by atoms with Crippen LogP contribution in [0.1, 0.15) is 22.8 Å². The standard InChI is InChI=1S/C22H18BrN3O6S/c1-3-31-16-10-13(9-15(23)19(16)32-21(29)14-7-5-4-6-8-14)12-24-26-22-25-20(28)17(33-22)11-18(27)30-2/h4-12H,3H2,1-2H3,(H,25,26,28)/b17-11+,24-12?. The third-order valence-electron chi connectivity index (χ3n) is 3.99. The molecule has 0 radical (unpaired) electrons. The number of nitrogens with zero attached hydrogens (tertiary/aromatic N) is 2. The van der Waals surface area contributed by atoms with Crippen LogP contribution in [0.3, 0.4) is 0 Å². The number of benzene rings is 2. The van der Waals surface area contributed by atoms with E-state index in [-0.39, 0.29) is 15.8 Å². The Morgan fingerprint density at radius 1 is 1.21 bits per heavy atom. The molecule has 9 nitrogen and oxygen atoms in total. The van der Waals surface area contributed by atoms with Gasteiger partial charge in [0, 0.05) is 6.08 Å². The number of halogens is 1. The summed E-state index contributed by atoms with van der Waals surface area (Å²) < 4.78 is 16.2. The SMILES string of the molecule is CCOc1cc(C=N/N=C2/NC(=O)/C(=C\C(=O)OC)S2)cc(Br)c1OC(=O)c1ccccc1. The smallest absolute Gasteiger partial charge is 0.343 e. The largest absolute Gasteiger partial charge is 0.490 e. The molecule has 1 aliphatic rings. The van der Waals surface area contributed by atoms with Gasteiger partial charge in [-0.1, -0.05) is 18.2 Å². The molecule has 170 valence electrons. The quantitative estimate of drug-likeness (QED) is 0.190. The van der Waals surface area contributed by atoms with Crippen molar-refractivity contribution < 1.29 is 28.6 Å². The van der Waals surface area contributed by atoms with Crippen molar-refractivity contribution in [3.8, 4) is 11.5 Å². The molecule has 11 heteroatoms. The highest BCUT2D eigenvalue weighted by Gasteiger charge is 2.25. The zero-order valence-corrected chi connectivity index (χ0v) is 19.9. The summed E-state index contributed by atoms with van der Waals surface area (Å²) in [5.41, 5.74) is 1.01. The number of amides is 1. The predicted octanol–water partition coefficient (Wildman–Crippen LogP) is 3.68. The highest BCUT2D eigenvalue weighted by molar-refractivity contribution is 9.10. The van der Waals surface area contributed by atoms with E-state index >= 15 is 0 Å². The van der Waals surface area contributed by atoms with Gasteiger partial charge in [-0.2, -0.15) is 5.10 Å². The molecule has 1 amide bonds. The maximum absolute atomic E-state index is 12.5. The Morgan fingerprint density at radius 3 is 2.67 bits per heavy atom. The number of methoxy groups -OCH3 is 1. The second kappa shape index (κ2) is 11.4. The lowest BCUT2D eigenvalue weighted by molar-refractivity contribution is -0.135. The minimum absolute atomic E-state index is 0.154. The average Bonchev–Trinajstić information content (AvgIpc) is 3.15. The van der Waals surface area contributed by atoms with Gasteiger partial charge in [-0.3, -0.25) is 10.1 Å². The molecule has 1 fully saturated rings. The summed E-state index contributed by atoms with van der Waals surface area (Å²) in [5.74, 6) is -1.04. The third kappa shape index (κ3) is 6.53. The Kier molecular flexibility index (Phi) is 8.39. The number of rotatable bonds is 7. The number of nitrogens with one attached hydrogen (secondary N) is 1. The van der Waals surface area contributed by atoms with E-state index in [0.717, 1.165) is 17.8 Å². The summed E-state index contributed by atoms with van der Waals surface area (Å²) in [5, 5.41) is 10.6. The van der Waals surface area contributed by atoms with E-state index in [4.69, 9.17) is 9.47 Å². The molecule has 0 aliphatic carbocycles. The van der Waals surface area contributed by atoms with Gasteiger partial charge in [0.15, 0.2) is 16.7 Å². The number of carbonyl (C=O) groups is 3. The molecule has 2 aromatic rings. The minimum atomic E-state index is -0.640. The Balaban J connectivity index is 1.78. The minimum Gasteiger partial charge on any atom is -0.490 e. The van der Waals surface area contributed by atoms with Gasteiger partial charge >= 0.3 is 11.9 Å². The van der Waals surface area contributed by atoms with Gasteiger partial charge in [-0.25, -0.2) is 9.59 Å². The van der Waals surface area contributed by atoms with Crippen molar-refractivity contribution in [3.05, 3.63) is 69.0 Å². The van der Waals surface area contributed by atoms with Crippen LogP contribution in [0.4, 0.5) is 0 Å². The van der Waals surface area contributed by atoms with Gasteiger partial charge in [0.2, 0.25) is 0 Å².